The molecule has 3 nitrogen and oxygen atoms in total. The maximum atomic E-state index is 5.88. The lowest BCUT2D eigenvalue weighted by Crippen LogP contribution is -2.14. The van der Waals surface area contributed by atoms with Crippen LogP contribution in [0.2, 0.25) is 0 Å². The van der Waals surface area contributed by atoms with Crippen molar-refractivity contribution in [2.75, 3.05) is 0 Å². The monoisotopic (exact) mass is 281 g/mol. The summed E-state index contributed by atoms with van der Waals surface area (Å²) in [7, 11) is 0. The number of hydrogen-bond donors (Lipinski definition) is 1. The molecule has 0 aliphatic heterocycles. The number of aryl methyl sites for hydroxylation is 1. The minimum absolute atomic E-state index is 0.381. The number of benzene rings is 1. The maximum Gasteiger partial charge on any atom is 0.137 e. The Morgan fingerprint density at radius 3 is 2.85 bits per heavy atom. The van der Waals surface area contributed by atoms with Crippen molar-refractivity contribution in [2.45, 2.75) is 13.3 Å². The van der Waals surface area contributed by atoms with Gasteiger partial charge in [0.15, 0.2) is 0 Å². The molecule has 0 saturated carbocycles. The molecule has 2 heterocycles. The highest BCUT2D eigenvalue weighted by Gasteiger charge is 2.14. The van der Waals surface area contributed by atoms with Crippen molar-refractivity contribution in [2.24, 2.45) is 5.73 Å². The van der Waals surface area contributed by atoms with Crippen LogP contribution in [-0.2, 0) is 6.42 Å². The van der Waals surface area contributed by atoms with Crippen LogP contribution in [0.15, 0.2) is 48.7 Å². The van der Waals surface area contributed by atoms with Gasteiger partial charge >= 0.3 is 0 Å². The molecule has 3 aromatic rings. The molecule has 2 N–H and O–H groups in total. The smallest absolute Gasteiger partial charge is 0.137 e. The Bertz CT molecular complexity index is 789. The Morgan fingerprint density at radius 1 is 1.25 bits per heavy atom. The van der Waals surface area contributed by atoms with E-state index in [1.54, 1.807) is 0 Å². The molecular weight excluding hydrogens is 266 g/mol. The number of thiocarbonyl (C=S) groups is 1. The minimum Gasteiger partial charge on any atom is -0.388 e. The normalized spacial score (nSPS) is 10.8. The van der Waals surface area contributed by atoms with Gasteiger partial charge in [0, 0.05) is 12.6 Å². The Labute approximate surface area is 123 Å². The predicted octanol–water partition coefficient (Wildman–Crippen LogP) is 2.87. The van der Waals surface area contributed by atoms with E-state index in [4.69, 9.17) is 18.0 Å². The van der Waals surface area contributed by atoms with Crippen molar-refractivity contribution in [1.29, 1.82) is 0 Å². The molecule has 4 heteroatoms. The second-order valence-corrected chi connectivity index (χ2v) is 5.31. The van der Waals surface area contributed by atoms with E-state index >= 15 is 0 Å². The number of nitrogens with zero attached hydrogens (tertiary/aromatic N) is 2. The fourth-order valence-electron chi connectivity index (χ4n) is 2.44. The zero-order valence-corrected chi connectivity index (χ0v) is 12.0. The fourth-order valence-corrected chi connectivity index (χ4v) is 2.66. The van der Waals surface area contributed by atoms with Crippen molar-refractivity contribution in [3.05, 3.63) is 71.2 Å². The molecule has 0 unspecified atom stereocenters. The molecule has 0 amide bonds. The first-order valence-electron chi connectivity index (χ1n) is 6.46. The molecule has 3 rings (SSSR count). The first kappa shape index (κ1) is 12.8. The van der Waals surface area contributed by atoms with Gasteiger partial charge in [-0.15, -0.1) is 0 Å². The highest BCUT2D eigenvalue weighted by atomic mass is 32.1. The van der Waals surface area contributed by atoms with Crippen molar-refractivity contribution in [3.8, 4) is 0 Å². The van der Waals surface area contributed by atoms with Crippen LogP contribution in [0.4, 0.5) is 0 Å². The average molecular weight is 281 g/mol. The van der Waals surface area contributed by atoms with E-state index in [2.05, 4.69) is 36.2 Å². The standard InChI is InChI=1S/C16H15N3S/c1-11-5-4-6-12(9-11)10-13-15(16(17)20)19-8-3-2-7-14(19)18-13/h2-9H,10H2,1H3,(H2,17,20). The zero-order valence-electron chi connectivity index (χ0n) is 11.2. The molecule has 0 spiro atoms. The van der Waals surface area contributed by atoms with Gasteiger partial charge in [-0.25, -0.2) is 4.98 Å². The molecule has 1 aromatic carbocycles. The Hall–Kier alpha value is -2.20. The van der Waals surface area contributed by atoms with Gasteiger partial charge in [-0.1, -0.05) is 48.1 Å². The summed E-state index contributed by atoms with van der Waals surface area (Å²) in [6.45, 7) is 2.08. The highest BCUT2D eigenvalue weighted by Crippen LogP contribution is 2.17. The van der Waals surface area contributed by atoms with Crippen LogP contribution in [0.25, 0.3) is 5.65 Å². The number of nitrogens with two attached hydrogens (primary N) is 1. The summed E-state index contributed by atoms with van der Waals surface area (Å²) < 4.78 is 1.95. The summed E-state index contributed by atoms with van der Waals surface area (Å²) in [6.07, 6.45) is 2.67. The molecule has 0 aliphatic rings. The van der Waals surface area contributed by atoms with Crippen LogP contribution in [0.3, 0.4) is 0 Å². The van der Waals surface area contributed by atoms with Gasteiger partial charge in [0.25, 0.3) is 0 Å². The van der Waals surface area contributed by atoms with E-state index in [1.165, 1.54) is 11.1 Å². The lowest BCUT2D eigenvalue weighted by Gasteiger charge is -2.04. The quantitative estimate of drug-likeness (QED) is 0.751. The largest absolute Gasteiger partial charge is 0.388 e. The van der Waals surface area contributed by atoms with E-state index in [0.29, 0.717) is 4.99 Å². The molecule has 2 aromatic heterocycles. The number of aromatic nitrogens is 2. The van der Waals surface area contributed by atoms with E-state index in [0.717, 1.165) is 23.5 Å². The highest BCUT2D eigenvalue weighted by molar-refractivity contribution is 7.80. The van der Waals surface area contributed by atoms with Crippen LogP contribution < -0.4 is 5.73 Å². The van der Waals surface area contributed by atoms with Crippen LogP contribution in [0.1, 0.15) is 22.5 Å². The van der Waals surface area contributed by atoms with Crippen LogP contribution in [-0.4, -0.2) is 14.4 Å². The molecule has 0 bridgehead atoms. The molecule has 20 heavy (non-hydrogen) atoms. The Balaban J connectivity index is 2.11. The Morgan fingerprint density at radius 2 is 2.10 bits per heavy atom. The van der Waals surface area contributed by atoms with Gasteiger partial charge in [0.1, 0.15) is 16.3 Å². The summed E-state index contributed by atoms with van der Waals surface area (Å²) in [5.74, 6) is 0. The van der Waals surface area contributed by atoms with Crippen molar-refractivity contribution in [3.63, 3.8) is 0 Å². The van der Waals surface area contributed by atoms with Gasteiger partial charge in [-0.2, -0.15) is 0 Å². The fraction of sp³-hybridized carbons (Fsp3) is 0.125. The predicted molar refractivity (Wildman–Crippen MR) is 85.1 cm³/mol. The first-order valence-corrected chi connectivity index (χ1v) is 6.87. The number of imidazole rings is 1. The maximum absolute atomic E-state index is 5.88. The second-order valence-electron chi connectivity index (χ2n) is 4.87. The van der Waals surface area contributed by atoms with E-state index < -0.39 is 0 Å². The third-order valence-corrected chi connectivity index (χ3v) is 3.48. The topological polar surface area (TPSA) is 43.3 Å². The minimum atomic E-state index is 0.381. The van der Waals surface area contributed by atoms with Crippen LogP contribution >= 0.6 is 12.2 Å². The van der Waals surface area contributed by atoms with Gasteiger partial charge in [0.05, 0.1) is 5.69 Å². The van der Waals surface area contributed by atoms with E-state index in [9.17, 15) is 0 Å². The van der Waals surface area contributed by atoms with Crippen molar-refractivity contribution >= 4 is 22.9 Å². The summed E-state index contributed by atoms with van der Waals surface area (Å²) in [5, 5.41) is 0. The van der Waals surface area contributed by atoms with Crippen molar-refractivity contribution in [1.82, 2.24) is 9.38 Å². The molecule has 100 valence electrons. The number of rotatable bonds is 3. The summed E-state index contributed by atoms with van der Waals surface area (Å²) >= 11 is 5.19. The summed E-state index contributed by atoms with van der Waals surface area (Å²) in [5.41, 5.74) is 11.0. The SMILES string of the molecule is Cc1cccc(Cc2nc3ccccn3c2C(N)=S)c1. The molecule has 0 saturated heterocycles. The van der Waals surface area contributed by atoms with Gasteiger partial charge < -0.3 is 5.73 Å². The molecular formula is C16H15N3S. The Kier molecular flexibility index (Phi) is 3.24. The number of pyridine rings is 1. The average Bonchev–Trinajstić information content (AvgIpc) is 2.76. The zero-order chi connectivity index (χ0) is 14.1. The summed E-state index contributed by atoms with van der Waals surface area (Å²) in [4.78, 5) is 5.04. The second kappa shape index (κ2) is 5.06. The molecule has 0 aliphatic carbocycles. The molecule has 0 fully saturated rings. The van der Waals surface area contributed by atoms with E-state index in [1.807, 2.05) is 28.8 Å². The van der Waals surface area contributed by atoms with Gasteiger partial charge in [-0.05, 0) is 24.6 Å². The lowest BCUT2D eigenvalue weighted by molar-refractivity contribution is 1.09. The van der Waals surface area contributed by atoms with Gasteiger partial charge in [-0.3, -0.25) is 4.40 Å². The van der Waals surface area contributed by atoms with Crippen LogP contribution in [0.5, 0.6) is 0 Å². The number of hydrogen-bond acceptors (Lipinski definition) is 2. The van der Waals surface area contributed by atoms with Crippen LogP contribution in [0, 0.1) is 6.92 Å². The van der Waals surface area contributed by atoms with E-state index in [-0.39, 0.29) is 0 Å². The summed E-state index contributed by atoms with van der Waals surface area (Å²) in [6, 6.07) is 14.3. The van der Waals surface area contributed by atoms with Gasteiger partial charge in [0.2, 0.25) is 0 Å². The third kappa shape index (κ3) is 2.30. The lowest BCUT2D eigenvalue weighted by atomic mass is 10.1. The number of fused-ring (bicyclic) bond motifs is 1. The first-order chi connectivity index (χ1) is 9.65. The third-order valence-electron chi connectivity index (χ3n) is 3.29. The molecule has 0 radical (unpaired) electrons. The van der Waals surface area contributed by atoms with Crippen molar-refractivity contribution < 1.29 is 0 Å². The molecule has 0 atom stereocenters.